The Labute approximate surface area is 235 Å². The second-order valence-electron chi connectivity index (χ2n) is 12.8. The number of nitrogens with zero attached hydrogens (tertiary/aromatic N) is 4. The molecule has 3 atom stereocenters. The summed E-state index contributed by atoms with van der Waals surface area (Å²) in [5, 5.41) is 0. The zero-order valence-corrected chi connectivity index (χ0v) is 24.4. The maximum Gasteiger partial charge on any atom is 0.420 e. The van der Waals surface area contributed by atoms with Crippen LogP contribution in [-0.2, 0) is 20.8 Å². The molecule has 4 heterocycles. The summed E-state index contributed by atoms with van der Waals surface area (Å²) in [6.45, 7) is 10.7. The van der Waals surface area contributed by atoms with Gasteiger partial charge >= 0.3 is 12.2 Å². The van der Waals surface area contributed by atoms with Crippen molar-refractivity contribution in [3.8, 4) is 0 Å². The van der Waals surface area contributed by atoms with Crippen molar-refractivity contribution in [1.29, 1.82) is 0 Å². The first-order chi connectivity index (χ1) is 18.7. The number of aromatic nitrogens is 1. The molecule has 0 radical (unpaired) electrons. The predicted molar refractivity (Wildman–Crippen MR) is 151 cm³/mol. The number of hydrogen-bond donors (Lipinski definition) is 0. The zero-order chi connectivity index (χ0) is 29.0. The summed E-state index contributed by atoms with van der Waals surface area (Å²) in [5.41, 5.74) is 0.611. The van der Waals surface area contributed by atoms with Crippen molar-refractivity contribution in [3.63, 3.8) is 0 Å². The molecular formula is C30H39FN4O5. The van der Waals surface area contributed by atoms with Crippen molar-refractivity contribution >= 4 is 35.1 Å². The molecule has 3 aliphatic heterocycles. The normalized spacial score (nSPS) is 22.4. The Balaban J connectivity index is 1.66. The highest BCUT2D eigenvalue weighted by Gasteiger charge is 2.42. The minimum Gasteiger partial charge on any atom is -0.443 e. The minimum atomic E-state index is -0.792. The fourth-order valence-electron chi connectivity index (χ4n) is 5.95. The van der Waals surface area contributed by atoms with Gasteiger partial charge in [-0.15, -0.1) is 0 Å². The third-order valence-corrected chi connectivity index (χ3v) is 7.45. The number of ether oxygens (including phenoxy) is 3. The van der Waals surface area contributed by atoms with E-state index in [0.29, 0.717) is 29.0 Å². The lowest BCUT2D eigenvalue weighted by Gasteiger charge is -2.40. The van der Waals surface area contributed by atoms with Crippen LogP contribution in [0.1, 0.15) is 72.8 Å². The maximum atomic E-state index is 14.5. The van der Waals surface area contributed by atoms with E-state index in [1.807, 2.05) is 18.2 Å². The summed E-state index contributed by atoms with van der Waals surface area (Å²) in [6.07, 6.45) is 4.00. The highest BCUT2D eigenvalue weighted by Crippen LogP contribution is 2.46. The van der Waals surface area contributed by atoms with Gasteiger partial charge in [0.2, 0.25) is 0 Å². The monoisotopic (exact) mass is 554 g/mol. The zero-order valence-electron chi connectivity index (χ0n) is 24.4. The Morgan fingerprint density at radius 2 is 1.55 bits per heavy atom. The summed E-state index contributed by atoms with van der Waals surface area (Å²) in [4.78, 5) is 36.8. The second kappa shape index (κ2) is 10.2. The first-order valence-corrected chi connectivity index (χ1v) is 13.9. The molecule has 1 aromatic carbocycles. The molecule has 9 nitrogen and oxygen atoms in total. The van der Waals surface area contributed by atoms with Crippen LogP contribution in [0.15, 0.2) is 30.5 Å². The van der Waals surface area contributed by atoms with Gasteiger partial charge in [-0.2, -0.15) is 0 Å². The summed E-state index contributed by atoms with van der Waals surface area (Å²) < 4.78 is 31.7. The standard InChI is InChI=1S/C30H39FN4O5/c1-29(2,3)39-27(36)33-17-18-12-19(31)16-32-26(18)35(28(37)40-30(4,5)6)24-11-10-22(15-25(24)33)34-20-8-9-21(34)14-23(13-20)38-7/h10-12,15-16,20-21,23H,8-9,13-14,17H2,1-7H3/t20-,21+,23+. The molecule has 1 aromatic heterocycles. The molecule has 10 heteroatoms. The van der Waals surface area contributed by atoms with E-state index in [1.165, 1.54) is 15.9 Å². The van der Waals surface area contributed by atoms with Crippen molar-refractivity contribution in [3.05, 3.63) is 41.8 Å². The lowest BCUT2D eigenvalue weighted by molar-refractivity contribution is 0.0571. The van der Waals surface area contributed by atoms with E-state index in [2.05, 4.69) is 9.88 Å². The molecule has 2 fully saturated rings. The van der Waals surface area contributed by atoms with Gasteiger partial charge in [0.15, 0.2) is 0 Å². The van der Waals surface area contributed by atoms with E-state index in [-0.39, 0.29) is 18.5 Å². The molecule has 216 valence electrons. The fraction of sp³-hybridized carbons (Fsp3) is 0.567. The summed E-state index contributed by atoms with van der Waals surface area (Å²) in [5.74, 6) is -0.368. The van der Waals surface area contributed by atoms with Gasteiger partial charge in [0.25, 0.3) is 0 Å². The van der Waals surface area contributed by atoms with E-state index in [9.17, 15) is 14.0 Å². The molecule has 2 amide bonds. The fourth-order valence-corrected chi connectivity index (χ4v) is 5.95. The lowest BCUT2D eigenvalue weighted by Crippen LogP contribution is -2.45. The van der Waals surface area contributed by atoms with Gasteiger partial charge in [0.05, 0.1) is 30.2 Å². The van der Waals surface area contributed by atoms with Crippen LogP contribution < -0.4 is 14.7 Å². The molecule has 2 aromatic rings. The number of pyridine rings is 1. The van der Waals surface area contributed by atoms with E-state index < -0.39 is 29.2 Å². The van der Waals surface area contributed by atoms with Crippen LogP contribution in [0.4, 0.5) is 36.9 Å². The molecule has 5 rings (SSSR count). The van der Waals surface area contributed by atoms with Crippen molar-refractivity contribution in [2.24, 2.45) is 0 Å². The smallest absolute Gasteiger partial charge is 0.420 e. The number of anilines is 4. The maximum absolute atomic E-state index is 14.5. The third kappa shape index (κ3) is 5.59. The van der Waals surface area contributed by atoms with Gasteiger partial charge in [-0.1, -0.05) is 0 Å². The number of halogens is 1. The van der Waals surface area contributed by atoms with Crippen LogP contribution >= 0.6 is 0 Å². The number of hydrogen-bond acceptors (Lipinski definition) is 7. The highest BCUT2D eigenvalue weighted by atomic mass is 19.1. The number of carbonyl (C=O) groups is 2. The quantitative estimate of drug-likeness (QED) is 0.409. The number of carbonyl (C=O) groups excluding carboxylic acids is 2. The van der Waals surface area contributed by atoms with Gasteiger partial charge in [-0.3, -0.25) is 4.90 Å². The van der Waals surface area contributed by atoms with Gasteiger partial charge in [-0.25, -0.2) is 23.9 Å². The summed E-state index contributed by atoms with van der Waals surface area (Å²) in [7, 11) is 1.76. The van der Waals surface area contributed by atoms with Crippen molar-refractivity contribution in [2.75, 3.05) is 21.8 Å². The molecule has 2 bridgehead atoms. The Kier molecular flexibility index (Phi) is 7.18. The van der Waals surface area contributed by atoms with Crippen LogP contribution in [0.2, 0.25) is 0 Å². The van der Waals surface area contributed by atoms with E-state index in [1.54, 1.807) is 48.7 Å². The van der Waals surface area contributed by atoms with Gasteiger partial charge in [-0.05, 0) is 91.5 Å². The first-order valence-electron chi connectivity index (χ1n) is 13.9. The number of rotatable bonds is 2. The van der Waals surface area contributed by atoms with Gasteiger partial charge in [0, 0.05) is 30.4 Å². The predicted octanol–water partition coefficient (Wildman–Crippen LogP) is 6.70. The summed E-state index contributed by atoms with van der Waals surface area (Å²) >= 11 is 0. The van der Waals surface area contributed by atoms with Gasteiger partial charge in [0.1, 0.15) is 22.8 Å². The first kappa shape index (κ1) is 28.1. The second-order valence-corrected chi connectivity index (χ2v) is 12.8. The number of fused-ring (bicyclic) bond motifs is 4. The number of amides is 2. The molecule has 0 N–H and O–H groups in total. The Hall–Kier alpha value is -3.40. The molecular weight excluding hydrogens is 515 g/mol. The van der Waals surface area contributed by atoms with Crippen molar-refractivity contribution in [1.82, 2.24) is 4.98 Å². The Bertz CT molecular complexity index is 1290. The lowest BCUT2D eigenvalue weighted by atomic mass is 9.98. The molecule has 3 aliphatic rings. The average molecular weight is 555 g/mol. The Morgan fingerprint density at radius 3 is 2.15 bits per heavy atom. The number of piperidine rings is 1. The molecule has 2 saturated heterocycles. The van der Waals surface area contributed by atoms with Crippen LogP contribution in [-0.4, -0.2) is 53.7 Å². The van der Waals surface area contributed by atoms with E-state index >= 15 is 0 Å². The third-order valence-electron chi connectivity index (χ3n) is 7.45. The van der Waals surface area contributed by atoms with Crippen molar-refractivity contribution in [2.45, 2.75) is 103 Å². The minimum absolute atomic E-state index is 0.0383. The van der Waals surface area contributed by atoms with Crippen LogP contribution in [0.3, 0.4) is 0 Å². The SMILES string of the molecule is CO[C@H]1C[C@H]2CC[C@@H](C1)N2c1ccc2c(c1)N(C(=O)OC(C)(C)C)Cc1cc(F)cnc1N2C(=O)OC(C)(C)C. The molecule has 0 unspecified atom stereocenters. The van der Waals surface area contributed by atoms with Crippen LogP contribution in [0, 0.1) is 5.82 Å². The van der Waals surface area contributed by atoms with Crippen LogP contribution in [0.5, 0.6) is 0 Å². The number of methoxy groups -OCH3 is 1. The average Bonchev–Trinajstić information content (AvgIpc) is 3.02. The molecule has 0 saturated carbocycles. The molecule has 0 aliphatic carbocycles. The number of benzene rings is 1. The van der Waals surface area contributed by atoms with Gasteiger partial charge < -0.3 is 19.1 Å². The van der Waals surface area contributed by atoms with Crippen LogP contribution in [0.25, 0.3) is 0 Å². The topological polar surface area (TPSA) is 84.4 Å². The molecule has 40 heavy (non-hydrogen) atoms. The summed E-state index contributed by atoms with van der Waals surface area (Å²) in [6, 6.07) is 7.64. The van der Waals surface area contributed by atoms with Crippen molar-refractivity contribution < 1.29 is 28.2 Å². The highest BCUT2D eigenvalue weighted by molar-refractivity contribution is 6.05. The van der Waals surface area contributed by atoms with E-state index in [4.69, 9.17) is 14.2 Å². The largest absolute Gasteiger partial charge is 0.443 e. The Morgan fingerprint density at radius 1 is 0.925 bits per heavy atom. The molecule has 0 spiro atoms. The van der Waals surface area contributed by atoms with E-state index in [0.717, 1.165) is 37.6 Å².